The first-order chi connectivity index (χ1) is 12.4. The second-order valence-electron chi connectivity index (χ2n) is 5.63. The average Bonchev–Trinajstić information content (AvgIpc) is 3.17. The molecule has 3 rings (SSSR count). The van der Waals surface area contributed by atoms with Crippen molar-refractivity contribution in [3.05, 3.63) is 51.6 Å². The van der Waals surface area contributed by atoms with E-state index in [0.717, 1.165) is 22.9 Å². The van der Waals surface area contributed by atoms with Gasteiger partial charge in [0.2, 0.25) is 0 Å². The number of thiocarbonyl (C=S) groups is 1. The van der Waals surface area contributed by atoms with Gasteiger partial charge in [-0.1, -0.05) is 41.6 Å². The molecule has 0 aliphatic carbocycles. The van der Waals surface area contributed by atoms with Gasteiger partial charge in [0, 0.05) is 16.7 Å². The summed E-state index contributed by atoms with van der Waals surface area (Å²) in [4.78, 5) is 25.3. The molecule has 0 saturated carbocycles. The molecule has 8 heteroatoms. The van der Waals surface area contributed by atoms with Gasteiger partial charge in [-0.25, -0.2) is 0 Å². The molecule has 0 unspecified atom stereocenters. The summed E-state index contributed by atoms with van der Waals surface area (Å²) in [6.45, 7) is 1.09. The zero-order chi connectivity index (χ0) is 18.8. The highest BCUT2D eigenvalue weighted by Gasteiger charge is 2.33. The molecular weight excluding hydrogens is 394 g/mol. The maximum atomic E-state index is 12.4. The fourth-order valence-electron chi connectivity index (χ4n) is 2.43. The number of Topliss-reactive ketones (excluding diaryl/α,β-unsaturated/α-hetero) is 1. The monoisotopic (exact) mass is 407 g/mol. The highest BCUT2D eigenvalue weighted by atomic mass is 35.5. The molecule has 134 valence electrons. The molecule has 0 atom stereocenters. The quantitative estimate of drug-likeness (QED) is 0.602. The van der Waals surface area contributed by atoms with Crippen molar-refractivity contribution in [2.45, 2.75) is 6.92 Å². The first-order valence-corrected chi connectivity index (χ1v) is 9.23. The van der Waals surface area contributed by atoms with Gasteiger partial charge in [-0.05, 0) is 36.8 Å². The SMILES string of the molecule is Cc1ccc(Cl)cc1-c1ccc(/C=C2\SC(=S)N(CC(=O)CO)C2=O)o1. The molecule has 1 aromatic carbocycles. The van der Waals surface area contributed by atoms with E-state index in [4.69, 9.17) is 33.3 Å². The predicted octanol–water partition coefficient (Wildman–Crippen LogP) is 3.67. The molecule has 1 aromatic heterocycles. The number of halogens is 1. The number of aliphatic hydroxyl groups excluding tert-OH is 1. The van der Waals surface area contributed by atoms with Crippen LogP contribution in [-0.4, -0.2) is 39.2 Å². The maximum Gasteiger partial charge on any atom is 0.266 e. The first-order valence-electron chi connectivity index (χ1n) is 7.63. The van der Waals surface area contributed by atoms with Crippen molar-refractivity contribution >= 4 is 57.7 Å². The van der Waals surface area contributed by atoms with Gasteiger partial charge >= 0.3 is 0 Å². The van der Waals surface area contributed by atoms with E-state index in [1.807, 2.05) is 25.1 Å². The average molecular weight is 408 g/mol. The van der Waals surface area contributed by atoms with Gasteiger partial charge in [0.25, 0.3) is 5.91 Å². The van der Waals surface area contributed by atoms with Crippen LogP contribution in [0.2, 0.25) is 5.02 Å². The molecule has 1 aliphatic rings. The Morgan fingerprint density at radius 2 is 2.15 bits per heavy atom. The van der Waals surface area contributed by atoms with Crippen molar-refractivity contribution in [1.29, 1.82) is 0 Å². The van der Waals surface area contributed by atoms with Crippen LogP contribution in [0.25, 0.3) is 17.4 Å². The number of amides is 1. The van der Waals surface area contributed by atoms with E-state index in [1.165, 1.54) is 4.90 Å². The highest BCUT2D eigenvalue weighted by molar-refractivity contribution is 8.26. The minimum Gasteiger partial charge on any atom is -0.457 e. The summed E-state index contributed by atoms with van der Waals surface area (Å²) in [6.07, 6.45) is 1.59. The summed E-state index contributed by atoms with van der Waals surface area (Å²) < 4.78 is 6.10. The highest BCUT2D eigenvalue weighted by Crippen LogP contribution is 2.34. The third-order valence-corrected chi connectivity index (χ3v) is 5.36. The fourth-order valence-corrected chi connectivity index (χ4v) is 3.83. The summed E-state index contributed by atoms with van der Waals surface area (Å²) >= 11 is 12.3. The minimum absolute atomic E-state index is 0.233. The molecule has 5 nitrogen and oxygen atoms in total. The molecule has 1 aliphatic heterocycles. The standard InChI is InChI=1S/C18H14ClNO4S2/c1-10-2-3-11(19)6-14(10)15-5-4-13(24-15)7-16-17(23)20(18(25)26-16)8-12(22)9-21/h2-7,21H,8-9H2,1H3/b16-7-. The molecule has 2 heterocycles. The largest absolute Gasteiger partial charge is 0.457 e. The molecule has 2 aromatic rings. The van der Waals surface area contributed by atoms with Crippen LogP contribution >= 0.6 is 35.6 Å². The zero-order valence-corrected chi connectivity index (χ0v) is 16.1. The summed E-state index contributed by atoms with van der Waals surface area (Å²) in [6, 6.07) is 9.09. The second-order valence-corrected chi connectivity index (χ2v) is 7.74. The van der Waals surface area contributed by atoms with E-state index in [0.29, 0.717) is 21.4 Å². The molecule has 0 spiro atoms. The molecule has 0 bridgehead atoms. The van der Waals surface area contributed by atoms with Crippen molar-refractivity contribution in [3.63, 3.8) is 0 Å². The molecular formula is C18H14ClNO4S2. The molecule has 1 saturated heterocycles. The van der Waals surface area contributed by atoms with Crippen molar-refractivity contribution < 1.29 is 19.1 Å². The molecule has 1 N–H and O–H groups in total. The van der Waals surface area contributed by atoms with Gasteiger partial charge in [-0.3, -0.25) is 14.5 Å². The van der Waals surface area contributed by atoms with Gasteiger partial charge in [-0.2, -0.15) is 0 Å². The van der Waals surface area contributed by atoms with Crippen molar-refractivity contribution in [2.75, 3.05) is 13.2 Å². The Morgan fingerprint density at radius 3 is 2.88 bits per heavy atom. The van der Waals surface area contributed by atoms with E-state index in [2.05, 4.69) is 0 Å². The fraction of sp³-hybridized carbons (Fsp3) is 0.167. The number of aryl methyl sites for hydroxylation is 1. The number of furan rings is 1. The van der Waals surface area contributed by atoms with Crippen molar-refractivity contribution in [1.82, 2.24) is 4.90 Å². The van der Waals surface area contributed by atoms with Crippen LogP contribution in [0.5, 0.6) is 0 Å². The second kappa shape index (κ2) is 7.75. The summed E-state index contributed by atoms with van der Waals surface area (Å²) in [5.41, 5.74) is 1.89. The first kappa shape index (κ1) is 18.8. The Labute approximate surface area is 164 Å². The molecule has 26 heavy (non-hydrogen) atoms. The lowest BCUT2D eigenvalue weighted by molar-refractivity contribution is -0.129. The van der Waals surface area contributed by atoms with Crippen LogP contribution in [0, 0.1) is 6.92 Å². The Balaban J connectivity index is 1.84. The maximum absolute atomic E-state index is 12.4. The number of carbonyl (C=O) groups is 2. The smallest absolute Gasteiger partial charge is 0.266 e. The molecule has 1 fully saturated rings. The Bertz CT molecular complexity index is 935. The lowest BCUT2D eigenvalue weighted by Crippen LogP contribution is -2.34. The topological polar surface area (TPSA) is 70.8 Å². The van der Waals surface area contributed by atoms with E-state index >= 15 is 0 Å². The van der Waals surface area contributed by atoms with Crippen LogP contribution in [0.4, 0.5) is 0 Å². The number of benzene rings is 1. The number of carbonyl (C=O) groups excluding carboxylic acids is 2. The summed E-state index contributed by atoms with van der Waals surface area (Å²) in [5.74, 6) is 0.286. The summed E-state index contributed by atoms with van der Waals surface area (Å²) in [7, 11) is 0. The number of rotatable bonds is 5. The number of hydrogen-bond acceptors (Lipinski definition) is 6. The number of nitrogens with zero attached hydrogens (tertiary/aromatic N) is 1. The van der Waals surface area contributed by atoms with Gasteiger partial charge in [0.15, 0.2) is 5.78 Å². The Morgan fingerprint density at radius 1 is 1.38 bits per heavy atom. The van der Waals surface area contributed by atoms with E-state index in [1.54, 1.807) is 18.2 Å². The number of hydrogen-bond donors (Lipinski definition) is 1. The normalized spacial score (nSPS) is 16.0. The third-order valence-electron chi connectivity index (χ3n) is 3.75. The van der Waals surface area contributed by atoms with Crippen LogP contribution in [0.15, 0.2) is 39.7 Å². The number of ketones is 1. The van der Waals surface area contributed by atoms with Crippen LogP contribution in [0.1, 0.15) is 11.3 Å². The summed E-state index contributed by atoms with van der Waals surface area (Å²) in [5, 5.41) is 9.45. The van der Waals surface area contributed by atoms with E-state index in [-0.39, 0.29) is 16.8 Å². The van der Waals surface area contributed by atoms with E-state index in [9.17, 15) is 9.59 Å². The predicted molar refractivity (Wildman–Crippen MR) is 106 cm³/mol. The Kier molecular flexibility index (Phi) is 5.62. The van der Waals surface area contributed by atoms with Gasteiger partial charge in [-0.15, -0.1) is 0 Å². The minimum atomic E-state index is -0.628. The third kappa shape index (κ3) is 3.91. The Hall–Kier alpha value is -1.93. The van der Waals surface area contributed by atoms with Gasteiger partial charge in [0.05, 0.1) is 11.4 Å². The lowest BCUT2D eigenvalue weighted by atomic mass is 10.1. The molecule has 1 amide bonds. The molecule has 0 radical (unpaired) electrons. The van der Waals surface area contributed by atoms with Crippen LogP contribution in [-0.2, 0) is 9.59 Å². The lowest BCUT2D eigenvalue weighted by Gasteiger charge is -2.11. The number of thioether (sulfide) groups is 1. The number of aliphatic hydroxyl groups is 1. The zero-order valence-electron chi connectivity index (χ0n) is 13.7. The van der Waals surface area contributed by atoms with Crippen LogP contribution < -0.4 is 0 Å². The van der Waals surface area contributed by atoms with Gasteiger partial charge < -0.3 is 9.52 Å². The van der Waals surface area contributed by atoms with Crippen LogP contribution in [0.3, 0.4) is 0 Å². The van der Waals surface area contributed by atoms with E-state index < -0.39 is 12.4 Å². The van der Waals surface area contributed by atoms with Gasteiger partial charge in [0.1, 0.15) is 22.4 Å². The van der Waals surface area contributed by atoms with Crippen molar-refractivity contribution in [3.8, 4) is 11.3 Å². The van der Waals surface area contributed by atoms with Crippen molar-refractivity contribution in [2.24, 2.45) is 0 Å².